The van der Waals surface area contributed by atoms with Gasteiger partial charge in [0.15, 0.2) is 0 Å². The minimum absolute atomic E-state index is 0.299. The maximum atomic E-state index is 10.2. The Morgan fingerprint density at radius 1 is 0.542 bits per heavy atom. The standard InChI is InChI=1S/2C10H17NO/c2*11-9-7-1-6-2-8(9)5-10(12,3-6)4-7/h2*6-9,12H,1-5,11H2/t2*6?,7-,8+,9?,10?. The van der Waals surface area contributed by atoms with E-state index in [0.717, 1.165) is 50.4 Å². The highest BCUT2D eigenvalue weighted by Crippen LogP contribution is 2.56. The molecule has 8 fully saturated rings. The molecule has 6 N–H and O–H groups in total. The van der Waals surface area contributed by atoms with Crippen molar-refractivity contribution in [3.05, 3.63) is 0 Å². The molecule has 0 aliphatic heterocycles. The van der Waals surface area contributed by atoms with Crippen molar-refractivity contribution < 1.29 is 10.2 Å². The fraction of sp³-hybridized carbons (Fsp3) is 1.00. The molecule has 8 saturated carbocycles. The first-order chi connectivity index (χ1) is 11.3. The van der Waals surface area contributed by atoms with Gasteiger partial charge in [-0.2, -0.15) is 0 Å². The Kier molecular flexibility index (Phi) is 3.47. The van der Waals surface area contributed by atoms with Gasteiger partial charge >= 0.3 is 0 Å². The monoisotopic (exact) mass is 334 g/mol. The summed E-state index contributed by atoms with van der Waals surface area (Å²) in [6.45, 7) is 0. The van der Waals surface area contributed by atoms with Crippen molar-refractivity contribution in [2.75, 3.05) is 0 Å². The van der Waals surface area contributed by atoms with Crippen molar-refractivity contribution in [1.29, 1.82) is 0 Å². The maximum absolute atomic E-state index is 10.2. The van der Waals surface area contributed by atoms with E-state index in [1.165, 1.54) is 25.7 Å². The number of aliphatic hydroxyl groups is 2. The number of nitrogens with two attached hydrogens (primary N) is 2. The Hall–Kier alpha value is -0.160. The van der Waals surface area contributed by atoms with Gasteiger partial charge in [-0.3, -0.25) is 0 Å². The fourth-order valence-corrected chi connectivity index (χ4v) is 8.04. The number of hydrogen-bond donors (Lipinski definition) is 4. The molecule has 10 atom stereocenters. The Bertz CT molecular complexity index is 446. The quantitative estimate of drug-likeness (QED) is 0.543. The smallest absolute Gasteiger partial charge is 0.0657 e. The lowest BCUT2D eigenvalue weighted by Gasteiger charge is -2.57. The lowest BCUT2D eigenvalue weighted by molar-refractivity contribution is -0.133. The van der Waals surface area contributed by atoms with Gasteiger partial charge in [0.25, 0.3) is 0 Å². The van der Waals surface area contributed by atoms with Gasteiger partial charge in [-0.05, 0) is 99.7 Å². The summed E-state index contributed by atoms with van der Waals surface area (Å²) in [5.74, 6) is 4.16. The maximum Gasteiger partial charge on any atom is 0.0657 e. The van der Waals surface area contributed by atoms with Gasteiger partial charge in [0, 0.05) is 12.1 Å². The molecule has 0 aromatic rings. The van der Waals surface area contributed by atoms with Gasteiger partial charge in [0.05, 0.1) is 11.2 Å². The van der Waals surface area contributed by atoms with Crippen LogP contribution in [0.3, 0.4) is 0 Å². The van der Waals surface area contributed by atoms with Crippen molar-refractivity contribution in [3.8, 4) is 0 Å². The van der Waals surface area contributed by atoms with Crippen LogP contribution in [0.2, 0.25) is 0 Å². The third-order valence-electron chi connectivity index (χ3n) is 8.63. The molecule has 0 saturated heterocycles. The average molecular weight is 335 g/mol. The van der Waals surface area contributed by atoms with E-state index in [9.17, 15) is 10.2 Å². The Balaban J connectivity index is 0.000000109. The second kappa shape index (κ2) is 5.18. The zero-order valence-corrected chi connectivity index (χ0v) is 14.7. The van der Waals surface area contributed by atoms with E-state index in [1.807, 2.05) is 0 Å². The van der Waals surface area contributed by atoms with Crippen molar-refractivity contribution >= 4 is 0 Å². The van der Waals surface area contributed by atoms with Gasteiger partial charge in [0.2, 0.25) is 0 Å². The van der Waals surface area contributed by atoms with Gasteiger partial charge in [-0.15, -0.1) is 0 Å². The summed E-state index contributed by atoms with van der Waals surface area (Å²) >= 11 is 0. The van der Waals surface area contributed by atoms with Gasteiger partial charge < -0.3 is 21.7 Å². The van der Waals surface area contributed by atoms with Crippen molar-refractivity contribution in [1.82, 2.24) is 0 Å². The lowest BCUT2D eigenvalue weighted by atomic mass is 9.52. The minimum atomic E-state index is -0.299. The zero-order chi connectivity index (χ0) is 16.7. The van der Waals surface area contributed by atoms with E-state index in [4.69, 9.17) is 11.5 Å². The molecule has 0 aromatic heterocycles. The van der Waals surface area contributed by atoms with E-state index in [1.54, 1.807) is 0 Å². The first kappa shape index (κ1) is 16.0. The summed E-state index contributed by atoms with van der Waals surface area (Å²) in [5, 5.41) is 20.3. The highest BCUT2D eigenvalue weighted by Gasteiger charge is 2.54. The van der Waals surface area contributed by atoms with Crippen LogP contribution in [0.5, 0.6) is 0 Å². The predicted molar refractivity (Wildman–Crippen MR) is 93.0 cm³/mol. The van der Waals surface area contributed by atoms with Crippen LogP contribution in [-0.2, 0) is 0 Å². The average Bonchev–Trinajstić information content (AvgIpc) is 2.47. The summed E-state index contributed by atoms with van der Waals surface area (Å²) in [4.78, 5) is 0. The summed E-state index contributed by atoms with van der Waals surface area (Å²) < 4.78 is 0. The molecule has 8 bridgehead atoms. The first-order valence-electron chi connectivity index (χ1n) is 10.3. The van der Waals surface area contributed by atoms with Crippen LogP contribution < -0.4 is 11.5 Å². The van der Waals surface area contributed by atoms with Crippen LogP contribution in [0.25, 0.3) is 0 Å². The normalized spacial score (nSPS) is 62.5. The minimum Gasteiger partial charge on any atom is -0.390 e. The Morgan fingerprint density at radius 2 is 0.833 bits per heavy atom. The molecule has 8 aliphatic rings. The van der Waals surface area contributed by atoms with E-state index in [0.29, 0.717) is 35.8 Å². The summed E-state index contributed by atoms with van der Waals surface area (Å²) in [5.41, 5.74) is 11.6. The van der Waals surface area contributed by atoms with Crippen molar-refractivity contribution in [2.24, 2.45) is 47.0 Å². The fourth-order valence-electron chi connectivity index (χ4n) is 8.04. The molecule has 0 aromatic carbocycles. The molecule has 0 spiro atoms. The molecule has 4 nitrogen and oxygen atoms in total. The summed E-state index contributed by atoms with van der Waals surface area (Å²) in [6, 6.07) is 0.809. The Labute approximate surface area is 145 Å². The van der Waals surface area contributed by atoms with Gasteiger partial charge in [0.1, 0.15) is 0 Å². The van der Waals surface area contributed by atoms with Crippen LogP contribution >= 0.6 is 0 Å². The molecule has 136 valence electrons. The molecule has 8 aliphatic carbocycles. The SMILES string of the molecule is NC1[C@@H]2CC3C[C@H]1CC(O)(C3)C2.NC1[C@@H]2CC3C[C@H]1CC(O)(C3)C2. The van der Waals surface area contributed by atoms with E-state index in [-0.39, 0.29) is 11.2 Å². The molecule has 0 amide bonds. The largest absolute Gasteiger partial charge is 0.390 e. The Morgan fingerprint density at radius 3 is 1.08 bits per heavy atom. The van der Waals surface area contributed by atoms with Crippen LogP contribution in [0.1, 0.15) is 64.2 Å². The van der Waals surface area contributed by atoms with Crippen LogP contribution in [0, 0.1) is 35.5 Å². The van der Waals surface area contributed by atoms with E-state index < -0.39 is 0 Å². The van der Waals surface area contributed by atoms with Crippen molar-refractivity contribution in [3.63, 3.8) is 0 Å². The lowest BCUT2D eigenvalue weighted by Crippen LogP contribution is -2.59. The van der Waals surface area contributed by atoms with Crippen LogP contribution in [0.15, 0.2) is 0 Å². The van der Waals surface area contributed by atoms with E-state index >= 15 is 0 Å². The first-order valence-corrected chi connectivity index (χ1v) is 10.3. The second-order valence-corrected chi connectivity index (χ2v) is 10.5. The topological polar surface area (TPSA) is 92.5 Å². The third-order valence-corrected chi connectivity index (χ3v) is 8.63. The predicted octanol–water partition coefficient (Wildman–Crippen LogP) is 1.77. The van der Waals surface area contributed by atoms with Crippen LogP contribution in [0.4, 0.5) is 0 Å². The third kappa shape index (κ3) is 2.48. The molecular weight excluding hydrogens is 300 g/mol. The van der Waals surface area contributed by atoms with Crippen molar-refractivity contribution in [2.45, 2.75) is 87.5 Å². The highest BCUT2D eigenvalue weighted by atomic mass is 16.3. The molecule has 4 heteroatoms. The van der Waals surface area contributed by atoms with Crippen LogP contribution in [-0.4, -0.2) is 33.5 Å². The highest BCUT2D eigenvalue weighted by molar-refractivity contribution is 5.07. The molecule has 0 radical (unpaired) electrons. The summed E-state index contributed by atoms with van der Waals surface area (Å²) in [6.07, 6.45) is 11.2. The zero-order valence-electron chi connectivity index (χ0n) is 14.7. The number of rotatable bonds is 0. The summed E-state index contributed by atoms with van der Waals surface area (Å²) in [7, 11) is 0. The molecule has 8 rings (SSSR count). The molecule has 0 heterocycles. The number of hydrogen-bond acceptors (Lipinski definition) is 4. The molecule has 6 unspecified atom stereocenters. The van der Waals surface area contributed by atoms with E-state index in [2.05, 4.69) is 0 Å². The van der Waals surface area contributed by atoms with Gasteiger partial charge in [-0.25, -0.2) is 0 Å². The van der Waals surface area contributed by atoms with Gasteiger partial charge in [-0.1, -0.05) is 0 Å². The second-order valence-electron chi connectivity index (χ2n) is 10.5. The molecular formula is C20H34N2O2. The molecule has 24 heavy (non-hydrogen) atoms.